The molecule has 1 aromatic rings. The number of aliphatic hydroxyl groups is 1. The van der Waals surface area contributed by atoms with Crippen LogP contribution < -0.4 is 10.6 Å². The van der Waals surface area contributed by atoms with Crippen LogP contribution in [0.25, 0.3) is 0 Å². The van der Waals surface area contributed by atoms with Gasteiger partial charge in [-0.05, 0) is 13.3 Å². The highest BCUT2D eigenvalue weighted by atomic mass is 16.5. The van der Waals surface area contributed by atoms with E-state index in [2.05, 4.69) is 20.6 Å². The second-order valence-electron chi connectivity index (χ2n) is 3.77. The van der Waals surface area contributed by atoms with Gasteiger partial charge >= 0.3 is 0 Å². The Bertz CT molecular complexity index is 346. The van der Waals surface area contributed by atoms with E-state index < -0.39 is 6.10 Å². The molecule has 1 unspecified atom stereocenters. The summed E-state index contributed by atoms with van der Waals surface area (Å²) in [5.41, 5.74) is 0.969. The van der Waals surface area contributed by atoms with E-state index in [1.54, 1.807) is 7.11 Å². The molecule has 96 valence electrons. The first-order valence-electron chi connectivity index (χ1n) is 5.59. The minimum absolute atomic E-state index is 0.353. The van der Waals surface area contributed by atoms with Crippen molar-refractivity contribution in [3.8, 4) is 0 Å². The summed E-state index contributed by atoms with van der Waals surface area (Å²) in [6.07, 6.45) is 1.68. The van der Waals surface area contributed by atoms with Gasteiger partial charge in [0.15, 0.2) is 0 Å². The molecule has 0 bridgehead atoms. The van der Waals surface area contributed by atoms with Gasteiger partial charge in [0.2, 0.25) is 0 Å². The SMILES string of the molecule is CNc1ncnc(NCCC(O)COC)c1C. The molecule has 0 aliphatic rings. The summed E-state index contributed by atoms with van der Waals surface area (Å²) in [6, 6.07) is 0. The molecular weight excluding hydrogens is 220 g/mol. The molecule has 1 atom stereocenters. The molecule has 17 heavy (non-hydrogen) atoms. The predicted molar refractivity (Wildman–Crippen MR) is 67.3 cm³/mol. The van der Waals surface area contributed by atoms with Gasteiger partial charge in [-0.2, -0.15) is 0 Å². The minimum Gasteiger partial charge on any atom is -0.391 e. The van der Waals surface area contributed by atoms with Gasteiger partial charge in [0.1, 0.15) is 18.0 Å². The van der Waals surface area contributed by atoms with Crippen molar-refractivity contribution in [3.63, 3.8) is 0 Å². The lowest BCUT2D eigenvalue weighted by Gasteiger charge is -2.13. The van der Waals surface area contributed by atoms with Crippen molar-refractivity contribution in [2.24, 2.45) is 0 Å². The second kappa shape index (κ2) is 7.03. The van der Waals surface area contributed by atoms with Gasteiger partial charge < -0.3 is 20.5 Å². The van der Waals surface area contributed by atoms with Gasteiger partial charge in [0, 0.05) is 26.3 Å². The summed E-state index contributed by atoms with van der Waals surface area (Å²) in [5.74, 6) is 1.59. The molecule has 0 radical (unpaired) electrons. The van der Waals surface area contributed by atoms with E-state index in [1.807, 2.05) is 14.0 Å². The molecule has 0 aliphatic heterocycles. The Morgan fingerprint density at radius 2 is 2.12 bits per heavy atom. The minimum atomic E-state index is -0.446. The number of nitrogens with one attached hydrogen (secondary N) is 2. The first-order valence-corrected chi connectivity index (χ1v) is 5.59. The fourth-order valence-electron chi connectivity index (χ4n) is 1.51. The van der Waals surface area contributed by atoms with Crippen LogP contribution in [0.3, 0.4) is 0 Å². The molecule has 0 aliphatic carbocycles. The van der Waals surface area contributed by atoms with Crippen molar-refractivity contribution in [1.29, 1.82) is 0 Å². The van der Waals surface area contributed by atoms with Crippen molar-refractivity contribution in [1.82, 2.24) is 9.97 Å². The summed E-state index contributed by atoms with van der Waals surface area (Å²) in [6.45, 7) is 2.94. The molecule has 0 saturated carbocycles. The Balaban J connectivity index is 2.46. The van der Waals surface area contributed by atoms with E-state index in [0.717, 1.165) is 17.2 Å². The van der Waals surface area contributed by atoms with Crippen LogP contribution in [0.2, 0.25) is 0 Å². The Morgan fingerprint density at radius 1 is 1.41 bits per heavy atom. The van der Waals surface area contributed by atoms with Gasteiger partial charge in [-0.1, -0.05) is 0 Å². The van der Waals surface area contributed by atoms with E-state index in [0.29, 0.717) is 19.6 Å². The van der Waals surface area contributed by atoms with Crippen LogP contribution in [0.1, 0.15) is 12.0 Å². The molecular formula is C11H20N4O2. The van der Waals surface area contributed by atoms with Gasteiger partial charge in [-0.3, -0.25) is 0 Å². The van der Waals surface area contributed by atoms with Crippen molar-refractivity contribution in [2.45, 2.75) is 19.4 Å². The van der Waals surface area contributed by atoms with Crippen LogP contribution in [0, 0.1) is 6.92 Å². The molecule has 6 heteroatoms. The maximum atomic E-state index is 9.49. The highest BCUT2D eigenvalue weighted by Gasteiger charge is 2.06. The van der Waals surface area contributed by atoms with Crippen molar-refractivity contribution in [3.05, 3.63) is 11.9 Å². The number of nitrogens with zero attached hydrogens (tertiary/aromatic N) is 2. The second-order valence-corrected chi connectivity index (χ2v) is 3.77. The van der Waals surface area contributed by atoms with E-state index in [9.17, 15) is 5.11 Å². The number of ether oxygens (including phenoxy) is 1. The highest BCUT2D eigenvalue weighted by Crippen LogP contribution is 2.17. The summed E-state index contributed by atoms with van der Waals surface area (Å²) in [7, 11) is 3.39. The zero-order valence-corrected chi connectivity index (χ0v) is 10.5. The maximum Gasteiger partial charge on any atom is 0.134 e. The van der Waals surface area contributed by atoms with E-state index in [4.69, 9.17) is 4.74 Å². The van der Waals surface area contributed by atoms with Crippen LogP contribution in [-0.4, -0.2) is 48.5 Å². The molecule has 6 nitrogen and oxygen atoms in total. The molecule has 0 fully saturated rings. The molecule has 1 rings (SSSR count). The average molecular weight is 240 g/mol. The fraction of sp³-hybridized carbons (Fsp3) is 0.636. The normalized spacial score (nSPS) is 12.2. The number of methoxy groups -OCH3 is 1. The van der Waals surface area contributed by atoms with Crippen molar-refractivity contribution in [2.75, 3.05) is 37.9 Å². The largest absolute Gasteiger partial charge is 0.391 e. The quantitative estimate of drug-likeness (QED) is 0.649. The molecule has 0 amide bonds. The van der Waals surface area contributed by atoms with Crippen LogP contribution >= 0.6 is 0 Å². The average Bonchev–Trinajstić information content (AvgIpc) is 2.32. The summed E-state index contributed by atoms with van der Waals surface area (Å²) in [5, 5.41) is 15.7. The standard InChI is InChI=1S/C11H20N4O2/c1-8-10(12-2)14-7-15-11(8)13-5-4-9(16)6-17-3/h7,9,16H,4-6H2,1-3H3,(H2,12,13,14,15). The number of hydrogen-bond acceptors (Lipinski definition) is 6. The lowest BCUT2D eigenvalue weighted by Crippen LogP contribution is -2.19. The predicted octanol–water partition coefficient (Wildman–Crippen LogP) is 0.636. The molecule has 3 N–H and O–H groups in total. The summed E-state index contributed by atoms with van der Waals surface area (Å²) >= 11 is 0. The Kier molecular flexibility index (Phi) is 5.65. The van der Waals surface area contributed by atoms with E-state index in [1.165, 1.54) is 6.33 Å². The zero-order valence-electron chi connectivity index (χ0n) is 10.5. The van der Waals surface area contributed by atoms with E-state index in [-0.39, 0.29) is 0 Å². The first kappa shape index (κ1) is 13.7. The van der Waals surface area contributed by atoms with Gasteiger partial charge in [-0.15, -0.1) is 0 Å². The third-order valence-corrected chi connectivity index (χ3v) is 2.45. The number of aromatic nitrogens is 2. The van der Waals surface area contributed by atoms with Gasteiger partial charge in [-0.25, -0.2) is 9.97 Å². The molecule has 1 heterocycles. The molecule has 1 aromatic heterocycles. The third kappa shape index (κ3) is 4.16. The number of hydrogen-bond donors (Lipinski definition) is 3. The summed E-state index contributed by atoms with van der Waals surface area (Å²) < 4.78 is 4.85. The Morgan fingerprint density at radius 3 is 2.76 bits per heavy atom. The zero-order chi connectivity index (χ0) is 12.7. The number of anilines is 2. The van der Waals surface area contributed by atoms with Gasteiger partial charge in [0.05, 0.1) is 12.7 Å². The first-order chi connectivity index (χ1) is 8.19. The number of aliphatic hydroxyl groups excluding tert-OH is 1. The van der Waals surface area contributed by atoms with Gasteiger partial charge in [0.25, 0.3) is 0 Å². The third-order valence-electron chi connectivity index (χ3n) is 2.45. The smallest absolute Gasteiger partial charge is 0.134 e. The van der Waals surface area contributed by atoms with E-state index >= 15 is 0 Å². The molecule has 0 spiro atoms. The lowest BCUT2D eigenvalue weighted by atomic mass is 10.2. The topological polar surface area (TPSA) is 79.3 Å². The van der Waals surface area contributed by atoms with Crippen LogP contribution in [0.5, 0.6) is 0 Å². The molecule has 0 saturated heterocycles. The fourth-order valence-corrected chi connectivity index (χ4v) is 1.51. The van der Waals surface area contributed by atoms with Crippen LogP contribution in [-0.2, 0) is 4.74 Å². The molecule has 0 aromatic carbocycles. The monoisotopic (exact) mass is 240 g/mol. The maximum absolute atomic E-state index is 9.49. The Hall–Kier alpha value is -1.40. The van der Waals surface area contributed by atoms with Crippen LogP contribution in [0.15, 0.2) is 6.33 Å². The Labute approximate surface area is 101 Å². The van der Waals surface area contributed by atoms with Crippen molar-refractivity contribution >= 4 is 11.6 Å². The lowest BCUT2D eigenvalue weighted by molar-refractivity contribution is 0.0615. The van der Waals surface area contributed by atoms with Crippen molar-refractivity contribution < 1.29 is 9.84 Å². The number of rotatable bonds is 7. The highest BCUT2D eigenvalue weighted by molar-refractivity contribution is 5.55. The van der Waals surface area contributed by atoms with Crippen LogP contribution in [0.4, 0.5) is 11.6 Å². The summed E-state index contributed by atoms with van der Waals surface area (Å²) in [4.78, 5) is 8.25.